The lowest BCUT2D eigenvalue weighted by Gasteiger charge is -2.12. The van der Waals surface area contributed by atoms with Crippen LogP contribution >= 0.6 is 22.9 Å². The average Bonchev–Trinajstić information content (AvgIpc) is 3.05. The van der Waals surface area contributed by atoms with Gasteiger partial charge in [-0.3, -0.25) is 4.79 Å². The number of amides is 1. The van der Waals surface area contributed by atoms with Crippen molar-refractivity contribution in [1.29, 1.82) is 0 Å². The van der Waals surface area contributed by atoms with Crippen LogP contribution in [0.4, 0.5) is 5.69 Å². The van der Waals surface area contributed by atoms with Crippen molar-refractivity contribution in [1.82, 2.24) is 0 Å². The quantitative estimate of drug-likeness (QED) is 0.738. The van der Waals surface area contributed by atoms with Gasteiger partial charge in [0.25, 0.3) is 5.91 Å². The van der Waals surface area contributed by atoms with Crippen LogP contribution in [0.2, 0.25) is 5.02 Å². The zero-order chi connectivity index (χ0) is 19.6. The second kappa shape index (κ2) is 8.00. The van der Waals surface area contributed by atoms with E-state index >= 15 is 0 Å². The van der Waals surface area contributed by atoms with Crippen LogP contribution in [0.5, 0.6) is 0 Å². The predicted octanol–water partition coefficient (Wildman–Crippen LogP) is 3.48. The van der Waals surface area contributed by atoms with Gasteiger partial charge >= 0.3 is 5.97 Å². The molecule has 0 bridgehead atoms. The summed E-state index contributed by atoms with van der Waals surface area (Å²) in [5, 5.41) is 4.45. The van der Waals surface area contributed by atoms with Crippen LogP contribution in [0, 0.1) is 0 Å². The van der Waals surface area contributed by atoms with Crippen LogP contribution in [-0.4, -0.2) is 33.2 Å². The second-order valence-electron chi connectivity index (χ2n) is 6.30. The number of aryl methyl sites for hydroxylation is 1. The Balaban J connectivity index is 1.63. The maximum atomic E-state index is 12.3. The van der Waals surface area contributed by atoms with Crippen molar-refractivity contribution in [2.75, 3.05) is 18.2 Å². The Morgan fingerprint density at radius 3 is 2.74 bits per heavy atom. The fourth-order valence-electron chi connectivity index (χ4n) is 2.89. The molecular formula is C18H18ClNO5S2. The van der Waals surface area contributed by atoms with Gasteiger partial charge in [0.05, 0.1) is 21.2 Å². The lowest BCUT2D eigenvalue weighted by atomic mass is 9.96. The maximum Gasteiger partial charge on any atom is 0.339 e. The Morgan fingerprint density at radius 2 is 2.00 bits per heavy atom. The first-order valence-electron chi connectivity index (χ1n) is 8.31. The van der Waals surface area contributed by atoms with E-state index in [1.54, 1.807) is 16.7 Å². The molecule has 0 fully saturated rings. The largest absolute Gasteiger partial charge is 0.452 e. The molecule has 6 nitrogen and oxygen atoms in total. The molecule has 0 unspecified atom stereocenters. The van der Waals surface area contributed by atoms with Crippen LogP contribution in [-0.2, 0) is 32.2 Å². The van der Waals surface area contributed by atoms with E-state index in [9.17, 15) is 18.0 Å². The Bertz CT molecular complexity index is 997. The monoisotopic (exact) mass is 427 g/mol. The third-order valence-electron chi connectivity index (χ3n) is 4.26. The first-order chi connectivity index (χ1) is 12.8. The molecule has 144 valence electrons. The Hall–Kier alpha value is -1.90. The number of esters is 1. The molecule has 1 heterocycles. The normalized spacial score (nSPS) is 13.7. The summed E-state index contributed by atoms with van der Waals surface area (Å²) in [5.41, 5.74) is 1.70. The first kappa shape index (κ1) is 19.9. The van der Waals surface area contributed by atoms with Crippen molar-refractivity contribution in [3.63, 3.8) is 0 Å². The van der Waals surface area contributed by atoms with E-state index in [0.717, 1.165) is 37.5 Å². The number of rotatable bonds is 5. The molecule has 0 saturated heterocycles. The fraction of sp³-hybridized carbons (Fsp3) is 0.333. The van der Waals surface area contributed by atoms with E-state index in [1.807, 2.05) is 0 Å². The van der Waals surface area contributed by atoms with Gasteiger partial charge in [0, 0.05) is 16.5 Å². The molecule has 2 aromatic rings. The maximum absolute atomic E-state index is 12.3. The molecule has 1 aromatic carbocycles. The second-order valence-corrected chi connectivity index (χ2v) is 9.68. The standard InChI is InChI=1S/C18H18ClNO5S2/c1-27(23,24)11-6-7-14(19)15(8-11)20-17(21)9-25-18(22)13-10-26-16-5-3-2-4-12(13)16/h6-8,10H,2-5,9H2,1H3,(H,20,21). The van der Waals surface area contributed by atoms with Crippen molar-refractivity contribution in [3.05, 3.63) is 44.6 Å². The first-order valence-corrected chi connectivity index (χ1v) is 11.5. The zero-order valence-corrected chi connectivity index (χ0v) is 17.0. The number of thiophene rings is 1. The van der Waals surface area contributed by atoms with E-state index < -0.39 is 28.3 Å². The van der Waals surface area contributed by atoms with Crippen molar-refractivity contribution >= 4 is 50.3 Å². The van der Waals surface area contributed by atoms with Gasteiger partial charge in [-0.25, -0.2) is 13.2 Å². The molecule has 27 heavy (non-hydrogen) atoms. The lowest BCUT2D eigenvalue weighted by molar-refractivity contribution is -0.119. The van der Waals surface area contributed by atoms with Gasteiger partial charge in [-0.15, -0.1) is 11.3 Å². The average molecular weight is 428 g/mol. The van der Waals surface area contributed by atoms with E-state index in [-0.39, 0.29) is 15.6 Å². The number of sulfone groups is 1. The zero-order valence-electron chi connectivity index (χ0n) is 14.6. The van der Waals surface area contributed by atoms with Gasteiger partial charge in [0.1, 0.15) is 0 Å². The minimum atomic E-state index is -3.44. The molecule has 9 heteroatoms. The summed E-state index contributed by atoms with van der Waals surface area (Å²) < 4.78 is 28.4. The molecule has 0 atom stereocenters. The van der Waals surface area contributed by atoms with Gasteiger partial charge in [0.15, 0.2) is 16.4 Å². The summed E-state index contributed by atoms with van der Waals surface area (Å²) in [6.45, 7) is -0.483. The molecule has 1 N–H and O–H groups in total. The van der Waals surface area contributed by atoms with Gasteiger partial charge < -0.3 is 10.1 Å². The number of fused-ring (bicyclic) bond motifs is 1. The van der Waals surface area contributed by atoms with Gasteiger partial charge in [-0.2, -0.15) is 0 Å². The number of anilines is 1. The number of ether oxygens (including phenoxy) is 1. The molecular weight excluding hydrogens is 410 g/mol. The minimum Gasteiger partial charge on any atom is -0.452 e. The van der Waals surface area contributed by atoms with E-state index in [0.29, 0.717) is 5.56 Å². The highest BCUT2D eigenvalue weighted by Crippen LogP contribution is 2.30. The number of hydrogen-bond acceptors (Lipinski definition) is 6. The van der Waals surface area contributed by atoms with Crippen molar-refractivity contribution in [2.24, 2.45) is 0 Å². The molecule has 3 rings (SSSR count). The van der Waals surface area contributed by atoms with E-state index in [1.165, 1.54) is 23.1 Å². The van der Waals surface area contributed by atoms with Gasteiger partial charge in [-0.1, -0.05) is 11.6 Å². The molecule has 0 radical (unpaired) electrons. The Kier molecular flexibility index (Phi) is 5.88. The summed E-state index contributed by atoms with van der Waals surface area (Å²) >= 11 is 7.55. The van der Waals surface area contributed by atoms with E-state index in [2.05, 4.69) is 5.32 Å². The minimum absolute atomic E-state index is 0.0316. The summed E-state index contributed by atoms with van der Waals surface area (Å²) in [5.74, 6) is -1.12. The van der Waals surface area contributed by atoms with Crippen LogP contribution in [0.1, 0.15) is 33.6 Å². The molecule has 0 aliphatic heterocycles. The fourth-order valence-corrected chi connectivity index (χ4v) is 4.82. The molecule has 1 aromatic heterocycles. The lowest BCUT2D eigenvalue weighted by Crippen LogP contribution is -2.21. The Labute approximate surface area is 166 Å². The van der Waals surface area contributed by atoms with Crippen LogP contribution in [0.25, 0.3) is 0 Å². The highest BCUT2D eigenvalue weighted by atomic mass is 35.5. The van der Waals surface area contributed by atoms with E-state index in [4.69, 9.17) is 16.3 Å². The van der Waals surface area contributed by atoms with Gasteiger partial charge in [0.2, 0.25) is 0 Å². The summed E-state index contributed by atoms with van der Waals surface area (Å²) in [6, 6.07) is 4.01. The van der Waals surface area contributed by atoms with Crippen LogP contribution in [0.15, 0.2) is 28.5 Å². The summed E-state index contributed by atoms with van der Waals surface area (Å²) in [4.78, 5) is 25.6. The summed E-state index contributed by atoms with van der Waals surface area (Å²) in [7, 11) is -3.44. The summed E-state index contributed by atoms with van der Waals surface area (Å²) in [6.07, 6.45) is 5.05. The molecule has 1 aliphatic carbocycles. The van der Waals surface area contributed by atoms with Crippen LogP contribution in [0.3, 0.4) is 0 Å². The van der Waals surface area contributed by atoms with Crippen molar-refractivity contribution in [2.45, 2.75) is 30.6 Å². The highest BCUT2D eigenvalue weighted by molar-refractivity contribution is 7.90. The Morgan fingerprint density at radius 1 is 1.26 bits per heavy atom. The van der Waals surface area contributed by atoms with Gasteiger partial charge in [-0.05, 0) is 49.4 Å². The predicted molar refractivity (Wildman–Crippen MR) is 104 cm³/mol. The number of nitrogens with one attached hydrogen (secondary N) is 1. The smallest absolute Gasteiger partial charge is 0.339 e. The number of benzene rings is 1. The number of carbonyl (C=O) groups excluding carboxylic acids is 2. The molecule has 1 amide bonds. The third kappa shape index (κ3) is 4.69. The molecule has 1 aliphatic rings. The highest BCUT2D eigenvalue weighted by Gasteiger charge is 2.22. The van der Waals surface area contributed by atoms with Crippen molar-refractivity contribution in [3.8, 4) is 0 Å². The SMILES string of the molecule is CS(=O)(=O)c1ccc(Cl)c(NC(=O)COC(=O)c2csc3c2CCCC3)c1. The third-order valence-corrected chi connectivity index (χ3v) is 6.78. The number of hydrogen-bond donors (Lipinski definition) is 1. The molecule has 0 spiro atoms. The molecule has 0 saturated carbocycles. The topological polar surface area (TPSA) is 89.5 Å². The number of halogens is 1. The van der Waals surface area contributed by atoms with Crippen LogP contribution < -0.4 is 5.32 Å². The van der Waals surface area contributed by atoms with Crippen molar-refractivity contribution < 1.29 is 22.7 Å². The number of carbonyl (C=O) groups is 2.